The number of hydrogen-bond donors (Lipinski definition) is 2. The summed E-state index contributed by atoms with van der Waals surface area (Å²) in [5.74, 6) is -0.493. The average molecular weight is 388 g/mol. The normalized spacial score (nSPS) is 14.0. The Morgan fingerprint density at radius 2 is 1.93 bits per heavy atom. The van der Waals surface area contributed by atoms with Gasteiger partial charge in [-0.25, -0.2) is 9.48 Å². The van der Waals surface area contributed by atoms with Crippen molar-refractivity contribution >= 4 is 28.9 Å². The zero-order valence-corrected chi connectivity index (χ0v) is 15.8. The molecule has 1 saturated heterocycles. The van der Waals surface area contributed by atoms with E-state index in [9.17, 15) is 14.4 Å². The molecule has 2 heterocycles. The molecule has 3 rings (SSSR count). The lowest BCUT2D eigenvalue weighted by Gasteiger charge is -2.26. The number of esters is 1. The minimum absolute atomic E-state index is 0.0279. The molecule has 28 heavy (non-hydrogen) atoms. The van der Waals surface area contributed by atoms with E-state index in [4.69, 9.17) is 0 Å². The number of nitrogens with one attached hydrogen (secondary N) is 2. The number of fused-ring (bicyclic) bond motifs is 1. The summed E-state index contributed by atoms with van der Waals surface area (Å²) in [4.78, 5) is 37.1. The summed E-state index contributed by atoms with van der Waals surface area (Å²) in [6, 6.07) is 4.90. The first-order valence-corrected chi connectivity index (χ1v) is 9.29. The van der Waals surface area contributed by atoms with Crippen LogP contribution in [0.5, 0.6) is 0 Å². The van der Waals surface area contributed by atoms with Gasteiger partial charge in [0.1, 0.15) is 12.1 Å². The van der Waals surface area contributed by atoms with Gasteiger partial charge in [-0.05, 0) is 37.5 Å². The van der Waals surface area contributed by atoms with E-state index < -0.39 is 12.0 Å². The molecule has 2 aromatic rings. The maximum Gasteiger partial charge on any atom is 0.325 e. The third-order valence-corrected chi connectivity index (χ3v) is 4.63. The molecule has 1 aliphatic rings. The minimum atomic E-state index is -0.521. The van der Waals surface area contributed by atoms with Gasteiger partial charge in [0.25, 0.3) is 5.91 Å². The topological polar surface area (TPSA) is 118 Å². The molecule has 1 aromatic carbocycles. The molecule has 0 atom stereocenters. The quantitative estimate of drug-likeness (QED) is 0.697. The summed E-state index contributed by atoms with van der Waals surface area (Å²) in [5, 5.41) is 13.2. The number of likely N-dealkylation sites (tertiary alicyclic amines) is 1. The van der Waals surface area contributed by atoms with Gasteiger partial charge < -0.3 is 20.3 Å². The highest BCUT2D eigenvalue weighted by atomic mass is 16.5. The Bertz CT molecular complexity index is 859. The van der Waals surface area contributed by atoms with Gasteiger partial charge in [0, 0.05) is 25.2 Å². The number of amides is 3. The molecule has 0 spiro atoms. The van der Waals surface area contributed by atoms with Crippen LogP contribution in [-0.2, 0) is 16.1 Å². The molecular weight excluding hydrogens is 364 g/mol. The van der Waals surface area contributed by atoms with Crippen LogP contribution in [0.2, 0.25) is 0 Å². The highest BCUT2D eigenvalue weighted by Gasteiger charge is 2.19. The Morgan fingerprint density at radius 1 is 1.14 bits per heavy atom. The van der Waals surface area contributed by atoms with E-state index in [1.165, 1.54) is 13.5 Å². The lowest BCUT2D eigenvalue weighted by Crippen LogP contribution is -2.40. The van der Waals surface area contributed by atoms with Gasteiger partial charge in [-0.3, -0.25) is 9.59 Å². The first kappa shape index (κ1) is 19.6. The fourth-order valence-corrected chi connectivity index (χ4v) is 3.11. The van der Waals surface area contributed by atoms with Crippen molar-refractivity contribution in [3.8, 4) is 0 Å². The third-order valence-electron chi connectivity index (χ3n) is 4.63. The van der Waals surface area contributed by atoms with Crippen molar-refractivity contribution < 1.29 is 19.1 Å². The van der Waals surface area contributed by atoms with E-state index in [0.717, 1.165) is 31.4 Å². The van der Waals surface area contributed by atoms with Crippen LogP contribution in [0.15, 0.2) is 18.2 Å². The van der Waals surface area contributed by atoms with Crippen LogP contribution < -0.4 is 10.6 Å². The average Bonchev–Trinajstić information content (AvgIpc) is 3.14. The van der Waals surface area contributed by atoms with Crippen LogP contribution >= 0.6 is 0 Å². The Balaban J connectivity index is 1.56. The zero-order valence-electron chi connectivity index (χ0n) is 15.8. The van der Waals surface area contributed by atoms with Crippen LogP contribution in [0.25, 0.3) is 11.0 Å². The first-order chi connectivity index (χ1) is 13.6. The Labute approximate surface area is 162 Å². The van der Waals surface area contributed by atoms with Gasteiger partial charge in [0.05, 0.1) is 19.2 Å². The van der Waals surface area contributed by atoms with Gasteiger partial charge >= 0.3 is 12.0 Å². The second kappa shape index (κ2) is 9.16. The SMILES string of the molecule is COC(=O)CNC(=O)NCCn1nnc2cc(C(=O)N3CCCCC3)ccc21. The molecule has 2 N–H and O–H groups in total. The molecular formula is C18H24N6O4. The van der Waals surface area contributed by atoms with Crippen LogP contribution in [0.4, 0.5) is 4.79 Å². The number of benzene rings is 1. The fourth-order valence-electron chi connectivity index (χ4n) is 3.11. The number of piperidine rings is 1. The van der Waals surface area contributed by atoms with Crippen molar-refractivity contribution in [2.45, 2.75) is 25.8 Å². The third kappa shape index (κ3) is 4.76. The largest absolute Gasteiger partial charge is 0.468 e. The zero-order chi connectivity index (χ0) is 19.9. The summed E-state index contributed by atoms with van der Waals surface area (Å²) in [7, 11) is 1.25. The monoisotopic (exact) mass is 388 g/mol. The van der Waals surface area contributed by atoms with E-state index in [2.05, 4.69) is 25.7 Å². The number of hydrogen-bond acceptors (Lipinski definition) is 6. The van der Waals surface area contributed by atoms with Gasteiger partial charge in [-0.15, -0.1) is 5.10 Å². The van der Waals surface area contributed by atoms with Crippen LogP contribution in [0, 0.1) is 0 Å². The summed E-state index contributed by atoms with van der Waals surface area (Å²) < 4.78 is 6.10. The van der Waals surface area contributed by atoms with Crippen molar-refractivity contribution in [3.63, 3.8) is 0 Å². The predicted molar refractivity (Wildman–Crippen MR) is 101 cm³/mol. The molecule has 0 aliphatic carbocycles. The molecule has 1 fully saturated rings. The number of ether oxygens (including phenoxy) is 1. The lowest BCUT2D eigenvalue weighted by molar-refractivity contribution is -0.139. The van der Waals surface area contributed by atoms with Crippen molar-refractivity contribution in [2.75, 3.05) is 33.3 Å². The van der Waals surface area contributed by atoms with E-state index in [0.29, 0.717) is 24.2 Å². The molecule has 0 unspecified atom stereocenters. The van der Waals surface area contributed by atoms with Crippen LogP contribution in [-0.4, -0.2) is 71.1 Å². The number of carbonyl (C=O) groups excluding carboxylic acids is 3. The summed E-state index contributed by atoms with van der Waals surface area (Å²) >= 11 is 0. The van der Waals surface area contributed by atoms with Crippen molar-refractivity contribution in [2.24, 2.45) is 0 Å². The number of carbonyl (C=O) groups is 3. The van der Waals surface area contributed by atoms with E-state index in [-0.39, 0.29) is 12.5 Å². The maximum absolute atomic E-state index is 12.6. The second-order valence-corrected chi connectivity index (χ2v) is 6.55. The van der Waals surface area contributed by atoms with E-state index >= 15 is 0 Å². The molecule has 0 radical (unpaired) electrons. The summed E-state index contributed by atoms with van der Waals surface area (Å²) in [6.45, 7) is 2.12. The molecule has 10 nitrogen and oxygen atoms in total. The van der Waals surface area contributed by atoms with E-state index in [1.54, 1.807) is 16.8 Å². The molecule has 1 aliphatic heterocycles. The number of aromatic nitrogens is 3. The lowest BCUT2D eigenvalue weighted by atomic mass is 10.1. The standard InChI is InChI=1S/C18H24N6O4/c1-28-16(25)12-20-18(27)19-7-10-24-15-6-5-13(11-14(15)21-22-24)17(26)23-8-3-2-4-9-23/h5-6,11H,2-4,7-10,12H2,1H3,(H2,19,20,27). The molecule has 10 heteroatoms. The van der Waals surface area contributed by atoms with Gasteiger partial charge in [0.2, 0.25) is 0 Å². The summed E-state index contributed by atoms with van der Waals surface area (Å²) in [6.07, 6.45) is 3.26. The van der Waals surface area contributed by atoms with Gasteiger partial charge in [0.15, 0.2) is 0 Å². The Kier molecular flexibility index (Phi) is 6.41. The molecule has 0 saturated carbocycles. The predicted octanol–water partition coefficient (Wildman–Crippen LogP) is 0.530. The Hall–Kier alpha value is -3.17. The number of methoxy groups -OCH3 is 1. The van der Waals surface area contributed by atoms with Crippen LogP contribution in [0.1, 0.15) is 29.6 Å². The van der Waals surface area contributed by atoms with Gasteiger partial charge in [-0.1, -0.05) is 5.21 Å². The maximum atomic E-state index is 12.6. The minimum Gasteiger partial charge on any atom is -0.468 e. The fraction of sp³-hybridized carbons (Fsp3) is 0.500. The smallest absolute Gasteiger partial charge is 0.325 e. The highest BCUT2D eigenvalue weighted by molar-refractivity contribution is 5.97. The molecule has 0 bridgehead atoms. The van der Waals surface area contributed by atoms with Crippen LogP contribution in [0.3, 0.4) is 0 Å². The first-order valence-electron chi connectivity index (χ1n) is 9.29. The number of nitrogens with zero attached hydrogens (tertiary/aromatic N) is 4. The molecule has 1 aromatic heterocycles. The van der Waals surface area contributed by atoms with E-state index in [1.807, 2.05) is 11.0 Å². The summed E-state index contributed by atoms with van der Waals surface area (Å²) in [5.41, 5.74) is 2.03. The second-order valence-electron chi connectivity index (χ2n) is 6.55. The van der Waals surface area contributed by atoms with Crippen molar-refractivity contribution in [3.05, 3.63) is 23.8 Å². The highest BCUT2D eigenvalue weighted by Crippen LogP contribution is 2.17. The Morgan fingerprint density at radius 3 is 2.68 bits per heavy atom. The molecule has 3 amide bonds. The van der Waals surface area contributed by atoms with Gasteiger partial charge in [-0.2, -0.15) is 0 Å². The van der Waals surface area contributed by atoms with Crippen molar-refractivity contribution in [1.82, 2.24) is 30.5 Å². The number of urea groups is 1. The molecule has 150 valence electrons. The number of rotatable bonds is 6. The van der Waals surface area contributed by atoms with Crippen molar-refractivity contribution in [1.29, 1.82) is 0 Å².